The molecule has 0 fully saturated rings. The molecule has 9 nitrogen and oxygen atoms in total. The number of anilines is 2. The number of esters is 1. The van der Waals surface area contributed by atoms with Crippen LogP contribution in [-0.2, 0) is 14.3 Å². The van der Waals surface area contributed by atoms with Gasteiger partial charge in [0.05, 0.1) is 31.4 Å². The van der Waals surface area contributed by atoms with Crippen LogP contribution in [0.25, 0.3) is 11.1 Å². The number of benzene rings is 2. The van der Waals surface area contributed by atoms with Gasteiger partial charge in [0.25, 0.3) is 5.91 Å². The predicted octanol–water partition coefficient (Wildman–Crippen LogP) is 3.57. The van der Waals surface area contributed by atoms with Crippen molar-refractivity contribution in [2.75, 3.05) is 24.4 Å². The third-order valence-corrected chi connectivity index (χ3v) is 5.36. The normalized spacial score (nSPS) is 14.4. The summed E-state index contributed by atoms with van der Waals surface area (Å²) in [7, 11) is 1.60. The molecule has 1 aromatic heterocycles. The highest BCUT2D eigenvalue weighted by molar-refractivity contribution is 6.04. The molecule has 4 rings (SSSR count). The van der Waals surface area contributed by atoms with Crippen molar-refractivity contribution in [2.24, 2.45) is 0 Å². The van der Waals surface area contributed by atoms with E-state index in [4.69, 9.17) is 9.47 Å². The molecule has 1 atom stereocenters. The number of methoxy groups -OCH3 is 1. The molecule has 1 aliphatic heterocycles. The molecular formula is C24H24N4O5. The second-order valence-electron chi connectivity index (χ2n) is 7.54. The second-order valence-corrected chi connectivity index (χ2v) is 7.54. The Labute approximate surface area is 190 Å². The number of carbonyl (C=O) groups is 3. The van der Waals surface area contributed by atoms with Crippen molar-refractivity contribution in [1.82, 2.24) is 9.78 Å². The number of amides is 2. The first-order valence-corrected chi connectivity index (χ1v) is 10.5. The molecule has 33 heavy (non-hydrogen) atoms. The van der Waals surface area contributed by atoms with E-state index in [0.717, 1.165) is 22.6 Å². The number of hydrogen-bond donors (Lipinski definition) is 2. The minimum atomic E-state index is -0.760. The molecule has 3 aromatic rings. The minimum Gasteiger partial charge on any atom is -0.497 e. The number of hydrogen-bond acceptors (Lipinski definition) is 6. The number of fused-ring (bicyclic) bond motifs is 1. The lowest BCUT2D eigenvalue weighted by molar-refractivity contribution is -0.123. The van der Waals surface area contributed by atoms with Crippen LogP contribution in [0.2, 0.25) is 0 Å². The Morgan fingerprint density at radius 2 is 1.82 bits per heavy atom. The van der Waals surface area contributed by atoms with Crippen LogP contribution in [0.5, 0.6) is 5.75 Å². The monoisotopic (exact) mass is 448 g/mol. The average Bonchev–Trinajstić information content (AvgIpc) is 3.27. The number of ether oxygens (including phenoxy) is 2. The summed E-state index contributed by atoms with van der Waals surface area (Å²) in [4.78, 5) is 37.0. The van der Waals surface area contributed by atoms with Crippen LogP contribution >= 0.6 is 0 Å². The van der Waals surface area contributed by atoms with E-state index >= 15 is 0 Å². The fraction of sp³-hybridized carbons (Fsp3) is 0.250. The molecule has 0 spiro atoms. The van der Waals surface area contributed by atoms with E-state index in [1.165, 1.54) is 0 Å². The molecule has 170 valence electrons. The summed E-state index contributed by atoms with van der Waals surface area (Å²) in [6.45, 7) is 3.88. The third kappa shape index (κ3) is 4.43. The molecule has 0 saturated heterocycles. The number of carbonyl (C=O) groups excluding carboxylic acids is 3. The Morgan fingerprint density at radius 3 is 2.45 bits per heavy atom. The Kier molecular flexibility index (Phi) is 6.12. The first kappa shape index (κ1) is 22.1. The number of rotatable bonds is 7. The summed E-state index contributed by atoms with van der Waals surface area (Å²) in [6, 6.07) is 13.1. The molecular weight excluding hydrogens is 424 g/mol. The van der Waals surface area contributed by atoms with Crippen LogP contribution in [0.15, 0.2) is 48.5 Å². The van der Waals surface area contributed by atoms with Gasteiger partial charge in [0.1, 0.15) is 17.6 Å². The van der Waals surface area contributed by atoms with Gasteiger partial charge in [-0.25, -0.2) is 9.48 Å². The van der Waals surface area contributed by atoms with Crippen LogP contribution in [-0.4, -0.2) is 41.3 Å². The third-order valence-electron chi connectivity index (χ3n) is 5.36. The van der Waals surface area contributed by atoms with Crippen LogP contribution in [0, 0.1) is 6.92 Å². The van der Waals surface area contributed by atoms with Crippen LogP contribution in [0.4, 0.5) is 11.5 Å². The van der Waals surface area contributed by atoms with E-state index in [2.05, 4.69) is 15.7 Å². The SMILES string of the molecule is CCOC(=O)c1ccc(NC(=O)CC2C(=O)Nc3c(-c4ccc(OC)cc4)c(C)nn32)cc1. The first-order chi connectivity index (χ1) is 15.9. The summed E-state index contributed by atoms with van der Waals surface area (Å²) in [6.07, 6.45) is -0.0817. The quantitative estimate of drug-likeness (QED) is 0.535. The van der Waals surface area contributed by atoms with Gasteiger partial charge < -0.3 is 20.1 Å². The molecule has 9 heteroatoms. The summed E-state index contributed by atoms with van der Waals surface area (Å²) in [5.74, 6) is 0.242. The van der Waals surface area contributed by atoms with Crippen molar-refractivity contribution < 1.29 is 23.9 Å². The smallest absolute Gasteiger partial charge is 0.338 e. The average molecular weight is 448 g/mol. The standard InChI is InChI=1S/C24H24N4O5/c1-4-33-24(31)16-5-9-17(10-6-16)25-20(29)13-19-23(30)26-22-21(14(2)27-28(19)22)15-7-11-18(32-3)12-8-15/h5-12,19H,4,13H2,1-3H3,(H,25,29)(H,26,30). The van der Waals surface area contributed by atoms with E-state index in [1.807, 2.05) is 31.2 Å². The zero-order valence-electron chi connectivity index (χ0n) is 18.5. The Hall–Kier alpha value is -4.14. The fourth-order valence-corrected chi connectivity index (χ4v) is 3.78. The van der Waals surface area contributed by atoms with Gasteiger partial charge in [0.15, 0.2) is 0 Å². The minimum absolute atomic E-state index is 0.0817. The van der Waals surface area contributed by atoms with Gasteiger partial charge in [0, 0.05) is 11.3 Å². The van der Waals surface area contributed by atoms with E-state index in [1.54, 1.807) is 43.0 Å². The van der Waals surface area contributed by atoms with E-state index < -0.39 is 12.0 Å². The number of nitrogens with one attached hydrogen (secondary N) is 2. The Balaban J connectivity index is 1.48. The van der Waals surface area contributed by atoms with Crippen molar-refractivity contribution in [3.05, 3.63) is 59.8 Å². The molecule has 2 amide bonds. The highest BCUT2D eigenvalue weighted by atomic mass is 16.5. The molecule has 2 heterocycles. The topological polar surface area (TPSA) is 112 Å². The molecule has 2 N–H and O–H groups in total. The van der Waals surface area contributed by atoms with Gasteiger partial charge in [0.2, 0.25) is 5.91 Å². The van der Waals surface area contributed by atoms with Gasteiger partial charge in [-0.3, -0.25) is 9.59 Å². The number of aryl methyl sites for hydroxylation is 1. The van der Waals surface area contributed by atoms with Gasteiger partial charge in [-0.15, -0.1) is 0 Å². The maximum absolute atomic E-state index is 12.6. The Morgan fingerprint density at radius 1 is 1.12 bits per heavy atom. The fourth-order valence-electron chi connectivity index (χ4n) is 3.78. The van der Waals surface area contributed by atoms with Crippen molar-refractivity contribution in [3.63, 3.8) is 0 Å². The zero-order valence-corrected chi connectivity index (χ0v) is 18.5. The van der Waals surface area contributed by atoms with Crippen LogP contribution in [0.3, 0.4) is 0 Å². The maximum atomic E-state index is 12.6. The lowest BCUT2D eigenvalue weighted by Gasteiger charge is -2.10. The van der Waals surface area contributed by atoms with Crippen LogP contribution < -0.4 is 15.4 Å². The van der Waals surface area contributed by atoms with Crippen LogP contribution in [0.1, 0.15) is 35.4 Å². The number of nitrogens with zero attached hydrogens (tertiary/aromatic N) is 2. The number of aromatic nitrogens is 2. The largest absolute Gasteiger partial charge is 0.497 e. The van der Waals surface area contributed by atoms with E-state index in [9.17, 15) is 14.4 Å². The summed E-state index contributed by atoms with van der Waals surface area (Å²) in [5, 5.41) is 10.1. The van der Waals surface area contributed by atoms with Crippen molar-refractivity contribution >= 4 is 29.3 Å². The van der Waals surface area contributed by atoms with E-state index in [-0.39, 0.29) is 24.8 Å². The van der Waals surface area contributed by atoms with Gasteiger partial charge in [-0.2, -0.15) is 5.10 Å². The molecule has 1 aliphatic rings. The van der Waals surface area contributed by atoms with E-state index in [0.29, 0.717) is 17.1 Å². The van der Waals surface area contributed by atoms with Gasteiger partial charge in [-0.05, 0) is 55.8 Å². The Bertz CT molecular complexity index is 1200. The van der Waals surface area contributed by atoms with Crippen molar-refractivity contribution in [2.45, 2.75) is 26.3 Å². The lowest BCUT2D eigenvalue weighted by atomic mass is 10.1. The lowest BCUT2D eigenvalue weighted by Crippen LogP contribution is -2.23. The molecule has 0 saturated carbocycles. The predicted molar refractivity (Wildman–Crippen MR) is 122 cm³/mol. The highest BCUT2D eigenvalue weighted by Gasteiger charge is 2.36. The molecule has 0 aliphatic carbocycles. The summed E-state index contributed by atoms with van der Waals surface area (Å²) < 4.78 is 11.7. The second kappa shape index (κ2) is 9.15. The first-order valence-electron chi connectivity index (χ1n) is 10.5. The maximum Gasteiger partial charge on any atom is 0.338 e. The van der Waals surface area contributed by atoms with Gasteiger partial charge >= 0.3 is 5.97 Å². The highest BCUT2D eigenvalue weighted by Crippen LogP contribution is 2.38. The molecule has 0 bridgehead atoms. The molecule has 1 unspecified atom stereocenters. The van der Waals surface area contributed by atoms with Gasteiger partial charge in [-0.1, -0.05) is 12.1 Å². The van der Waals surface area contributed by atoms with Crippen molar-refractivity contribution in [3.8, 4) is 16.9 Å². The summed E-state index contributed by atoms with van der Waals surface area (Å²) in [5.41, 5.74) is 3.36. The zero-order chi connectivity index (χ0) is 23.5. The van der Waals surface area contributed by atoms with Crippen molar-refractivity contribution in [1.29, 1.82) is 0 Å². The molecule has 0 radical (unpaired) electrons. The summed E-state index contributed by atoms with van der Waals surface area (Å²) >= 11 is 0. The molecule has 2 aromatic carbocycles.